The molecule has 0 aliphatic heterocycles. The fourth-order valence-corrected chi connectivity index (χ4v) is 1.55. The topological polar surface area (TPSA) is 30.7 Å². The average molecular weight is 215 g/mol. The predicted octanol–water partition coefficient (Wildman–Crippen LogP) is 2.99. The van der Waals surface area contributed by atoms with Crippen molar-refractivity contribution in [1.82, 2.24) is 14.5 Å². The molecule has 0 aromatic carbocycles. The molecule has 0 saturated heterocycles. The van der Waals surface area contributed by atoms with Gasteiger partial charge in [-0.1, -0.05) is 13.8 Å². The maximum absolute atomic E-state index is 4.39. The van der Waals surface area contributed by atoms with Gasteiger partial charge in [0.25, 0.3) is 0 Å². The van der Waals surface area contributed by atoms with E-state index in [4.69, 9.17) is 0 Å². The van der Waals surface area contributed by atoms with Gasteiger partial charge in [0.2, 0.25) is 0 Å². The molecule has 0 aliphatic rings. The molecule has 2 aromatic heterocycles. The minimum Gasteiger partial charge on any atom is -0.337 e. The molecule has 0 radical (unpaired) electrons. The first kappa shape index (κ1) is 10.9. The number of pyridine rings is 1. The summed E-state index contributed by atoms with van der Waals surface area (Å²) in [5, 5.41) is 0. The average Bonchev–Trinajstić information content (AvgIpc) is 2.76. The highest BCUT2D eigenvalue weighted by Crippen LogP contribution is 2.15. The van der Waals surface area contributed by atoms with Crippen LogP contribution in [-0.4, -0.2) is 14.5 Å². The first-order valence-corrected chi connectivity index (χ1v) is 5.68. The minimum atomic E-state index is 0.726. The molecule has 2 heterocycles. The standard InChI is InChI=1S/C13H17N3/c1-11(2)5-7-16-9-13(15-10-16)12-4-3-6-14-8-12/h3-4,6,8-11H,5,7H2,1-2H3. The van der Waals surface area contributed by atoms with Gasteiger partial charge in [-0.15, -0.1) is 0 Å². The third-order valence-electron chi connectivity index (χ3n) is 2.56. The van der Waals surface area contributed by atoms with Gasteiger partial charge in [-0.3, -0.25) is 4.98 Å². The molecule has 3 nitrogen and oxygen atoms in total. The smallest absolute Gasteiger partial charge is 0.0953 e. The van der Waals surface area contributed by atoms with E-state index < -0.39 is 0 Å². The van der Waals surface area contributed by atoms with E-state index in [1.807, 2.05) is 24.7 Å². The van der Waals surface area contributed by atoms with Gasteiger partial charge in [-0.2, -0.15) is 0 Å². The molecule has 0 amide bonds. The molecule has 0 unspecified atom stereocenters. The predicted molar refractivity (Wildman–Crippen MR) is 64.9 cm³/mol. The van der Waals surface area contributed by atoms with E-state index in [2.05, 4.69) is 34.6 Å². The third kappa shape index (κ3) is 2.69. The van der Waals surface area contributed by atoms with E-state index in [0.29, 0.717) is 0 Å². The van der Waals surface area contributed by atoms with Crippen molar-refractivity contribution in [3.63, 3.8) is 0 Å². The zero-order valence-corrected chi connectivity index (χ0v) is 9.80. The van der Waals surface area contributed by atoms with Gasteiger partial charge in [0.05, 0.1) is 12.0 Å². The van der Waals surface area contributed by atoms with Crippen LogP contribution in [0.2, 0.25) is 0 Å². The van der Waals surface area contributed by atoms with Crippen LogP contribution in [0.25, 0.3) is 11.3 Å². The van der Waals surface area contributed by atoms with Crippen LogP contribution in [0.3, 0.4) is 0 Å². The second-order valence-corrected chi connectivity index (χ2v) is 4.42. The molecule has 0 spiro atoms. The summed E-state index contributed by atoms with van der Waals surface area (Å²) in [5.41, 5.74) is 2.07. The molecule has 0 saturated carbocycles. The van der Waals surface area contributed by atoms with Crippen molar-refractivity contribution in [2.45, 2.75) is 26.8 Å². The molecule has 0 bridgehead atoms. The maximum atomic E-state index is 4.39. The Morgan fingerprint density at radius 1 is 1.38 bits per heavy atom. The van der Waals surface area contributed by atoms with Crippen molar-refractivity contribution < 1.29 is 0 Å². The highest BCUT2D eigenvalue weighted by molar-refractivity contribution is 5.56. The Morgan fingerprint density at radius 3 is 2.94 bits per heavy atom. The summed E-state index contributed by atoms with van der Waals surface area (Å²) in [6.07, 6.45) is 8.78. The second-order valence-electron chi connectivity index (χ2n) is 4.42. The van der Waals surface area contributed by atoms with Crippen LogP contribution in [0.4, 0.5) is 0 Å². The summed E-state index contributed by atoms with van der Waals surface area (Å²) in [6, 6.07) is 3.96. The van der Waals surface area contributed by atoms with Crippen LogP contribution in [-0.2, 0) is 6.54 Å². The fraction of sp³-hybridized carbons (Fsp3) is 0.385. The summed E-state index contributed by atoms with van der Waals surface area (Å²) in [5.74, 6) is 0.726. The van der Waals surface area contributed by atoms with Gasteiger partial charge in [-0.05, 0) is 24.5 Å². The van der Waals surface area contributed by atoms with E-state index in [1.165, 1.54) is 6.42 Å². The molecule has 3 heteroatoms. The molecule has 2 aromatic rings. The lowest BCUT2D eigenvalue weighted by molar-refractivity contribution is 0.516. The second kappa shape index (κ2) is 4.92. The number of hydrogen-bond donors (Lipinski definition) is 0. The highest BCUT2D eigenvalue weighted by atomic mass is 15.0. The first-order chi connectivity index (χ1) is 7.75. The SMILES string of the molecule is CC(C)CCn1cnc(-c2cccnc2)c1. The van der Waals surface area contributed by atoms with E-state index in [0.717, 1.165) is 23.7 Å². The van der Waals surface area contributed by atoms with Gasteiger partial charge in [-0.25, -0.2) is 4.98 Å². The van der Waals surface area contributed by atoms with Crippen LogP contribution in [0, 0.1) is 5.92 Å². The monoisotopic (exact) mass is 215 g/mol. The Morgan fingerprint density at radius 2 is 2.25 bits per heavy atom. The molecule has 0 fully saturated rings. The first-order valence-electron chi connectivity index (χ1n) is 5.68. The lowest BCUT2D eigenvalue weighted by Crippen LogP contribution is -1.98. The number of aryl methyl sites for hydroxylation is 1. The lowest BCUT2D eigenvalue weighted by Gasteiger charge is -2.04. The maximum Gasteiger partial charge on any atom is 0.0953 e. The van der Waals surface area contributed by atoms with Gasteiger partial charge >= 0.3 is 0 Å². The Labute approximate surface area is 96.2 Å². The summed E-state index contributed by atoms with van der Waals surface area (Å²) in [6.45, 7) is 5.50. The van der Waals surface area contributed by atoms with Crippen molar-refractivity contribution >= 4 is 0 Å². The van der Waals surface area contributed by atoms with Crippen molar-refractivity contribution in [2.75, 3.05) is 0 Å². The fourth-order valence-electron chi connectivity index (χ4n) is 1.55. The zero-order valence-electron chi connectivity index (χ0n) is 9.80. The largest absolute Gasteiger partial charge is 0.337 e. The molecule has 16 heavy (non-hydrogen) atoms. The molecule has 0 atom stereocenters. The number of imidazole rings is 1. The van der Waals surface area contributed by atoms with Crippen molar-refractivity contribution in [1.29, 1.82) is 0 Å². The quantitative estimate of drug-likeness (QED) is 0.785. The molecular weight excluding hydrogens is 198 g/mol. The van der Waals surface area contributed by atoms with E-state index in [-0.39, 0.29) is 0 Å². The Hall–Kier alpha value is -1.64. The normalized spacial score (nSPS) is 10.9. The molecule has 2 rings (SSSR count). The number of aromatic nitrogens is 3. The van der Waals surface area contributed by atoms with Crippen LogP contribution in [0.5, 0.6) is 0 Å². The van der Waals surface area contributed by atoms with Crippen LogP contribution >= 0.6 is 0 Å². The van der Waals surface area contributed by atoms with Crippen molar-refractivity contribution in [2.24, 2.45) is 5.92 Å². The molecular formula is C13H17N3. The Bertz CT molecular complexity index is 431. The van der Waals surface area contributed by atoms with Crippen LogP contribution in [0.1, 0.15) is 20.3 Å². The number of hydrogen-bond acceptors (Lipinski definition) is 2. The summed E-state index contributed by atoms with van der Waals surface area (Å²) >= 11 is 0. The van der Waals surface area contributed by atoms with Gasteiger partial charge in [0, 0.05) is 30.7 Å². The lowest BCUT2D eigenvalue weighted by atomic mass is 10.1. The van der Waals surface area contributed by atoms with Crippen molar-refractivity contribution in [3.05, 3.63) is 37.1 Å². The van der Waals surface area contributed by atoms with E-state index in [1.54, 1.807) is 6.20 Å². The van der Waals surface area contributed by atoms with Crippen LogP contribution in [0.15, 0.2) is 37.1 Å². The third-order valence-corrected chi connectivity index (χ3v) is 2.56. The van der Waals surface area contributed by atoms with Crippen LogP contribution < -0.4 is 0 Å². The minimum absolute atomic E-state index is 0.726. The van der Waals surface area contributed by atoms with E-state index >= 15 is 0 Å². The number of nitrogens with zero attached hydrogens (tertiary/aromatic N) is 3. The number of rotatable bonds is 4. The Balaban J connectivity index is 2.08. The van der Waals surface area contributed by atoms with Gasteiger partial charge in [0.15, 0.2) is 0 Å². The summed E-state index contributed by atoms with van der Waals surface area (Å²) in [4.78, 5) is 8.48. The van der Waals surface area contributed by atoms with Gasteiger partial charge < -0.3 is 4.57 Å². The summed E-state index contributed by atoms with van der Waals surface area (Å²) in [7, 11) is 0. The molecule has 0 aliphatic carbocycles. The van der Waals surface area contributed by atoms with Crippen molar-refractivity contribution in [3.8, 4) is 11.3 Å². The van der Waals surface area contributed by atoms with Gasteiger partial charge in [0.1, 0.15) is 0 Å². The molecule has 0 N–H and O–H groups in total. The van der Waals surface area contributed by atoms with E-state index in [9.17, 15) is 0 Å². The molecule has 84 valence electrons. The summed E-state index contributed by atoms with van der Waals surface area (Å²) < 4.78 is 2.14. The highest BCUT2D eigenvalue weighted by Gasteiger charge is 2.02. The zero-order chi connectivity index (χ0) is 11.4. The Kier molecular flexibility index (Phi) is 3.34.